The van der Waals surface area contributed by atoms with E-state index in [-0.39, 0.29) is 11.9 Å². The van der Waals surface area contributed by atoms with E-state index in [0.29, 0.717) is 24.2 Å². The number of methoxy groups -OCH3 is 1. The predicted molar refractivity (Wildman–Crippen MR) is 74.3 cm³/mol. The maximum Gasteiger partial charge on any atom is 0.337 e. The number of rotatable bonds is 6. The summed E-state index contributed by atoms with van der Waals surface area (Å²) in [6.45, 7) is 5.34. The normalized spacial score (nSPS) is 10.1. The number of hydrogen-bond donors (Lipinski definition) is 2. The average molecular weight is 264 g/mol. The van der Waals surface area contributed by atoms with Crippen LogP contribution < -0.4 is 10.6 Å². The topological polar surface area (TPSA) is 67.4 Å². The standard InChI is InChI=1S/C14H20N2O3/c1-4-15-8-7-13(17)16-12-6-5-11(9-10(12)2)14(18)19-3/h5-6,9,15H,4,7-8H2,1-3H3,(H,16,17). The van der Waals surface area contributed by atoms with E-state index in [2.05, 4.69) is 15.4 Å². The molecule has 0 saturated carbocycles. The number of carbonyl (C=O) groups is 2. The van der Waals surface area contributed by atoms with Crippen LogP contribution in [0.2, 0.25) is 0 Å². The lowest BCUT2D eigenvalue weighted by molar-refractivity contribution is -0.116. The van der Waals surface area contributed by atoms with Gasteiger partial charge in [-0.1, -0.05) is 6.92 Å². The van der Waals surface area contributed by atoms with E-state index < -0.39 is 0 Å². The van der Waals surface area contributed by atoms with Gasteiger partial charge in [-0.3, -0.25) is 4.79 Å². The quantitative estimate of drug-likeness (QED) is 0.606. The molecule has 5 nitrogen and oxygen atoms in total. The first-order valence-corrected chi connectivity index (χ1v) is 6.28. The highest BCUT2D eigenvalue weighted by Gasteiger charge is 2.09. The van der Waals surface area contributed by atoms with Gasteiger partial charge in [-0.25, -0.2) is 4.79 Å². The number of anilines is 1. The minimum absolute atomic E-state index is 0.0464. The smallest absolute Gasteiger partial charge is 0.337 e. The van der Waals surface area contributed by atoms with Gasteiger partial charge in [-0.15, -0.1) is 0 Å². The van der Waals surface area contributed by atoms with Gasteiger partial charge in [0.2, 0.25) is 5.91 Å². The molecule has 0 fully saturated rings. The fourth-order valence-electron chi connectivity index (χ4n) is 1.64. The predicted octanol–water partition coefficient (Wildman–Crippen LogP) is 1.72. The second-order valence-electron chi connectivity index (χ2n) is 4.17. The molecule has 0 atom stereocenters. The maximum atomic E-state index is 11.7. The van der Waals surface area contributed by atoms with Crippen molar-refractivity contribution in [1.82, 2.24) is 5.32 Å². The van der Waals surface area contributed by atoms with E-state index in [1.165, 1.54) is 7.11 Å². The molecule has 104 valence electrons. The van der Waals surface area contributed by atoms with Crippen molar-refractivity contribution >= 4 is 17.6 Å². The summed E-state index contributed by atoms with van der Waals surface area (Å²) in [5.41, 5.74) is 2.03. The molecule has 0 unspecified atom stereocenters. The van der Waals surface area contributed by atoms with E-state index >= 15 is 0 Å². The molecule has 1 rings (SSSR count). The third kappa shape index (κ3) is 4.71. The molecule has 19 heavy (non-hydrogen) atoms. The van der Waals surface area contributed by atoms with Crippen molar-refractivity contribution in [3.05, 3.63) is 29.3 Å². The second kappa shape index (κ2) is 7.53. The fraction of sp³-hybridized carbons (Fsp3) is 0.429. The van der Waals surface area contributed by atoms with Crippen molar-refractivity contribution in [3.63, 3.8) is 0 Å². The Kier molecular flexibility index (Phi) is 6.02. The van der Waals surface area contributed by atoms with Crippen LogP contribution in [0.15, 0.2) is 18.2 Å². The first kappa shape index (κ1) is 15.2. The van der Waals surface area contributed by atoms with Gasteiger partial charge in [0.15, 0.2) is 0 Å². The van der Waals surface area contributed by atoms with Crippen molar-refractivity contribution in [1.29, 1.82) is 0 Å². The average Bonchev–Trinajstić information content (AvgIpc) is 2.40. The lowest BCUT2D eigenvalue weighted by Crippen LogP contribution is -2.21. The van der Waals surface area contributed by atoms with Gasteiger partial charge in [-0.05, 0) is 37.2 Å². The first-order chi connectivity index (χ1) is 9.08. The lowest BCUT2D eigenvalue weighted by atomic mass is 10.1. The first-order valence-electron chi connectivity index (χ1n) is 6.28. The van der Waals surface area contributed by atoms with Crippen LogP contribution in [-0.2, 0) is 9.53 Å². The molecule has 2 N–H and O–H groups in total. The van der Waals surface area contributed by atoms with Crippen LogP contribution in [-0.4, -0.2) is 32.1 Å². The molecule has 0 heterocycles. The molecule has 0 spiro atoms. The molecule has 0 saturated heterocycles. The summed E-state index contributed by atoms with van der Waals surface area (Å²) in [6, 6.07) is 5.05. The Hall–Kier alpha value is -1.88. The zero-order valence-electron chi connectivity index (χ0n) is 11.6. The van der Waals surface area contributed by atoms with E-state index in [1.54, 1.807) is 18.2 Å². The molecule has 0 aromatic heterocycles. The summed E-state index contributed by atoms with van der Waals surface area (Å²) in [7, 11) is 1.34. The van der Waals surface area contributed by atoms with Crippen molar-refractivity contribution in [2.75, 3.05) is 25.5 Å². The Balaban J connectivity index is 2.64. The molecule has 0 aliphatic carbocycles. The van der Waals surface area contributed by atoms with Gasteiger partial charge < -0.3 is 15.4 Å². The summed E-state index contributed by atoms with van der Waals surface area (Å²) in [5, 5.41) is 5.91. The number of esters is 1. The van der Waals surface area contributed by atoms with E-state index in [0.717, 1.165) is 12.1 Å². The summed E-state index contributed by atoms with van der Waals surface area (Å²) in [6.07, 6.45) is 0.423. The van der Waals surface area contributed by atoms with Crippen LogP contribution in [0.5, 0.6) is 0 Å². The highest BCUT2D eigenvalue weighted by atomic mass is 16.5. The SMILES string of the molecule is CCNCCC(=O)Nc1ccc(C(=O)OC)cc1C. The Morgan fingerprint density at radius 3 is 2.63 bits per heavy atom. The molecule has 1 aromatic rings. The summed E-state index contributed by atoms with van der Waals surface area (Å²) >= 11 is 0. The van der Waals surface area contributed by atoms with Crippen molar-refractivity contribution in [3.8, 4) is 0 Å². The number of ether oxygens (including phenoxy) is 1. The molecule has 0 aliphatic heterocycles. The van der Waals surface area contributed by atoms with Gasteiger partial charge in [-0.2, -0.15) is 0 Å². The summed E-state index contributed by atoms with van der Waals surface area (Å²) in [5.74, 6) is -0.428. The highest BCUT2D eigenvalue weighted by Crippen LogP contribution is 2.17. The number of amides is 1. The van der Waals surface area contributed by atoms with Crippen molar-refractivity contribution in [2.45, 2.75) is 20.3 Å². The number of hydrogen-bond acceptors (Lipinski definition) is 4. The van der Waals surface area contributed by atoms with Crippen LogP contribution in [0.1, 0.15) is 29.3 Å². The summed E-state index contributed by atoms with van der Waals surface area (Å²) < 4.78 is 4.64. The second-order valence-corrected chi connectivity index (χ2v) is 4.17. The Labute approximate surface area is 113 Å². The fourth-order valence-corrected chi connectivity index (χ4v) is 1.64. The van der Waals surface area contributed by atoms with Gasteiger partial charge >= 0.3 is 5.97 Å². The van der Waals surface area contributed by atoms with Gasteiger partial charge in [0, 0.05) is 18.7 Å². The van der Waals surface area contributed by atoms with Crippen LogP contribution in [0.3, 0.4) is 0 Å². The van der Waals surface area contributed by atoms with Crippen LogP contribution in [0.25, 0.3) is 0 Å². The number of aryl methyl sites for hydroxylation is 1. The lowest BCUT2D eigenvalue weighted by Gasteiger charge is -2.09. The minimum Gasteiger partial charge on any atom is -0.465 e. The third-order valence-corrected chi connectivity index (χ3v) is 2.70. The van der Waals surface area contributed by atoms with Crippen molar-refractivity contribution < 1.29 is 14.3 Å². The maximum absolute atomic E-state index is 11.7. The Morgan fingerprint density at radius 1 is 1.32 bits per heavy atom. The number of nitrogens with one attached hydrogen (secondary N) is 2. The highest BCUT2D eigenvalue weighted by molar-refractivity contribution is 5.94. The molecule has 1 amide bonds. The van der Waals surface area contributed by atoms with E-state index in [9.17, 15) is 9.59 Å². The third-order valence-electron chi connectivity index (χ3n) is 2.70. The zero-order valence-corrected chi connectivity index (χ0v) is 11.6. The van der Waals surface area contributed by atoms with Crippen LogP contribution in [0.4, 0.5) is 5.69 Å². The Bertz CT molecular complexity index is 458. The minimum atomic E-state index is -0.381. The van der Waals surface area contributed by atoms with Gasteiger partial charge in [0.1, 0.15) is 0 Å². The van der Waals surface area contributed by atoms with E-state index in [4.69, 9.17) is 0 Å². The van der Waals surface area contributed by atoms with Gasteiger partial charge in [0.25, 0.3) is 0 Å². The number of benzene rings is 1. The number of carbonyl (C=O) groups excluding carboxylic acids is 2. The largest absolute Gasteiger partial charge is 0.465 e. The van der Waals surface area contributed by atoms with Gasteiger partial charge in [0.05, 0.1) is 12.7 Å². The van der Waals surface area contributed by atoms with Crippen LogP contribution in [0, 0.1) is 6.92 Å². The molecule has 0 radical (unpaired) electrons. The monoisotopic (exact) mass is 264 g/mol. The van der Waals surface area contributed by atoms with Crippen LogP contribution >= 0.6 is 0 Å². The van der Waals surface area contributed by atoms with Crippen molar-refractivity contribution in [2.24, 2.45) is 0 Å². The molecular weight excluding hydrogens is 244 g/mol. The molecule has 5 heteroatoms. The Morgan fingerprint density at radius 2 is 2.05 bits per heavy atom. The van der Waals surface area contributed by atoms with E-state index in [1.807, 2.05) is 13.8 Å². The zero-order chi connectivity index (χ0) is 14.3. The molecular formula is C14H20N2O3. The molecule has 0 aliphatic rings. The molecule has 1 aromatic carbocycles. The summed E-state index contributed by atoms with van der Waals surface area (Å²) in [4.78, 5) is 23.0. The molecule has 0 bridgehead atoms.